The van der Waals surface area contributed by atoms with Gasteiger partial charge in [-0.3, -0.25) is 9.59 Å². The Morgan fingerprint density at radius 3 is 2.62 bits per heavy atom. The number of nitrogens with zero attached hydrogens (tertiary/aromatic N) is 1. The Hall–Kier alpha value is -4.06. The van der Waals surface area contributed by atoms with E-state index in [1.54, 1.807) is 31.4 Å². The van der Waals surface area contributed by atoms with Gasteiger partial charge >= 0.3 is 0 Å². The molecule has 34 heavy (non-hydrogen) atoms. The number of aliphatic hydroxyl groups is 1. The molecule has 0 aromatic heterocycles. The highest BCUT2D eigenvalue weighted by atomic mass is 16.5. The number of amides is 1. The fraction of sp³-hybridized carbons (Fsp3) is 0.214. The Morgan fingerprint density at radius 1 is 1.06 bits per heavy atom. The summed E-state index contributed by atoms with van der Waals surface area (Å²) in [7, 11) is 1.56. The van der Waals surface area contributed by atoms with Crippen molar-refractivity contribution in [3.8, 4) is 11.5 Å². The molecular weight excluding hydrogens is 430 g/mol. The van der Waals surface area contributed by atoms with Crippen molar-refractivity contribution in [3.63, 3.8) is 0 Å². The minimum absolute atomic E-state index is 0.0561. The standard InChI is InChI=1S/C28H25NO5/c1-17-13-21-14-20(11-12-23(21)34-17)26(30)24-25(19-9-6-10-22(15-19)33-2)29(28(32)27(24)31)16-18-7-4-3-5-8-18/h3-12,14-15,17,25,30H,13,16H2,1-2H3/t17-,25+/m0/s1. The fourth-order valence-corrected chi connectivity index (χ4v) is 4.71. The van der Waals surface area contributed by atoms with E-state index in [2.05, 4.69) is 0 Å². The molecule has 5 rings (SSSR count). The molecule has 6 heteroatoms. The van der Waals surface area contributed by atoms with Crippen LogP contribution in [0.15, 0.2) is 78.4 Å². The number of ether oxygens (including phenoxy) is 2. The highest BCUT2D eigenvalue weighted by Crippen LogP contribution is 2.42. The summed E-state index contributed by atoms with van der Waals surface area (Å²) in [5.41, 5.74) is 3.10. The lowest BCUT2D eigenvalue weighted by molar-refractivity contribution is -0.140. The number of rotatable bonds is 5. The molecule has 172 valence electrons. The average Bonchev–Trinajstić information content (AvgIpc) is 3.35. The SMILES string of the molecule is COc1cccc([C@@H]2C(=C(O)c3ccc4c(c3)C[C@H](C)O4)C(=O)C(=O)N2Cc2ccccc2)c1. The van der Waals surface area contributed by atoms with Crippen molar-refractivity contribution in [1.29, 1.82) is 0 Å². The molecule has 0 bridgehead atoms. The largest absolute Gasteiger partial charge is 0.507 e. The first-order valence-corrected chi connectivity index (χ1v) is 11.2. The second-order valence-corrected chi connectivity index (χ2v) is 8.64. The van der Waals surface area contributed by atoms with Crippen molar-refractivity contribution in [2.75, 3.05) is 7.11 Å². The number of hydrogen-bond acceptors (Lipinski definition) is 5. The quantitative estimate of drug-likeness (QED) is 0.345. The third-order valence-corrected chi connectivity index (χ3v) is 6.31. The molecule has 0 unspecified atom stereocenters. The smallest absolute Gasteiger partial charge is 0.295 e. The topological polar surface area (TPSA) is 76.1 Å². The van der Waals surface area contributed by atoms with Crippen LogP contribution in [0.25, 0.3) is 5.76 Å². The number of ketones is 1. The van der Waals surface area contributed by atoms with Crippen molar-refractivity contribution in [2.45, 2.75) is 32.0 Å². The van der Waals surface area contributed by atoms with Crippen LogP contribution < -0.4 is 9.47 Å². The summed E-state index contributed by atoms with van der Waals surface area (Å²) in [5, 5.41) is 11.4. The van der Waals surface area contributed by atoms with Crippen LogP contribution in [0, 0.1) is 0 Å². The Kier molecular flexibility index (Phi) is 5.57. The van der Waals surface area contributed by atoms with Crippen LogP contribution in [-0.2, 0) is 22.6 Å². The maximum Gasteiger partial charge on any atom is 0.295 e. The first kappa shape index (κ1) is 21.8. The highest BCUT2D eigenvalue weighted by molar-refractivity contribution is 6.46. The van der Waals surface area contributed by atoms with Crippen LogP contribution >= 0.6 is 0 Å². The lowest BCUT2D eigenvalue weighted by Crippen LogP contribution is -2.29. The number of carbonyl (C=O) groups is 2. The number of carbonyl (C=O) groups excluding carboxylic acids is 2. The van der Waals surface area contributed by atoms with E-state index < -0.39 is 17.7 Å². The molecule has 0 spiro atoms. The van der Waals surface area contributed by atoms with E-state index in [4.69, 9.17) is 9.47 Å². The number of aliphatic hydroxyl groups excluding tert-OH is 1. The summed E-state index contributed by atoms with van der Waals surface area (Å²) in [5.74, 6) is -0.156. The Morgan fingerprint density at radius 2 is 1.85 bits per heavy atom. The van der Waals surface area contributed by atoms with E-state index in [9.17, 15) is 14.7 Å². The molecule has 1 amide bonds. The van der Waals surface area contributed by atoms with Crippen LogP contribution in [0.5, 0.6) is 11.5 Å². The number of benzene rings is 3. The molecular formula is C28H25NO5. The van der Waals surface area contributed by atoms with E-state index in [0.717, 1.165) is 23.3 Å². The predicted octanol–water partition coefficient (Wildman–Crippen LogP) is 4.64. The van der Waals surface area contributed by atoms with Gasteiger partial charge in [0, 0.05) is 18.5 Å². The second-order valence-electron chi connectivity index (χ2n) is 8.64. The Labute approximate surface area is 198 Å². The van der Waals surface area contributed by atoms with Crippen LogP contribution in [0.3, 0.4) is 0 Å². The van der Waals surface area contributed by atoms with E-state index >= 15 is 0 Å². The van der Waals surface area contributed by atoms with Gasteiger partial charge in [0.05, 0.1) is 18.7 Å². The normalized spacial score (nSPS) is 20.8. The third kappa shape index (κ3) is 3.81. The fourth-order valence-electron chi connectivity index (χ4n) is 4.71. The molecule has 6 nitrogen and oxygen atoms in total. The number of methoxy groups -OCH3 is 1. The molecule has 2 aliphatic heterocycles. The van der Waals surface area contributed by atoms with Gasteiger partial charge in [-0.15, -0.1) is 0 Å². The lowest BCUT2D eigenvalue weighted by atomic mass is 9.94. The van der Waals surface area contributed by atoms with Crippen LogP contribution in [0.1, 0.15) is 35.2 Å². The Balaban J connectivity index is 1.64. The van der Waals surface area contributed by atoms with Crippen molar-refractivity contribution in [3.05, 3.63) is 101 Å². The van der Waals surface area contributed by atoms with Crippen LogP contribution in [0.4, 0.5) is 0 Å². The van der Waals surface area contributed by atoms with E-state index in [1.165, 1.54) is 4.90 Å². The maximum absolute atomic E-state index is 13.3. The molecule has 2 atom stereocenters. The van der Waals surface area contributed by atoms with Gasteiger partial charge in [-0.1, -0.05) is 42.5 Å². The minimum atomic E-state index is -0.751. The lowest BCUT2D eigenvalue weighted by Gasteiger charge is -2.25. The van der Waals surface area contributed by atoms with Gasteiger partial charge in [0.2, 0.25) is 0 Å². The summed E-state index contributed by atoms with van der Waals surface area (Å²) in [6.07, 6.45) is 0.776. The van der Waals surface area contributed by atoms with Gasteiger partial charge in [0.1, 0.15) is 23.4 Å². The molecule has 1 N–H and O–H groups in total. The zero-order valence-corrected chi connectivity index (χ0v) is 19.0. The van der Waals surface area contributed by atoms with Gasteiger partial charge in [-0.25, -0.2) is 0 Å². The molecule has 0 radical (unpaired) electrons. The number of hydrogen-bond donors (Lipinski definition) is 1. The summed E-state index contributed by atoms with van der Waals surface area (Å²) in [6.45, 7) is 2.22. The number of likely N-dealkylation sites (tertiary alicyclic amines) is 1. The molecule has 0 aliphatic carbocycles. The number of Topliss-reactive ketones (excluding diaryl/α,β-unsaturated/α-hetero) is 1. The summed E-state index contributed by atoms with van der Waals surface area (Å²) in [4.78, 5) is 28.0. The van der Waals surface area contributed by atoms with Gasteiger partial charge in [0.15, 0.2) is 0 Å². The summed E-state index contributed by atoms with van der Waals surface area (Å²) >= 11 is 0. The first-order valence-electron chi connectivity index (χ1n) is 11.2. The highest BCUT2D eigenvalue weighted by Gasteiger charge is 2.46. The molecule has 3 aromatic carbocycles. The number of fused-ring (bicyclic) bond motifs is 1. The molecule has 1 fully saturated rings. The first-order chi connectivity index (χ1) is 16.5. The van der Waals surface area contributed by atoms with Crippen molar-refractivity contribution >= 4 is 17.4 Å². The summed E-state index contributed by atoms with van der Waals surface area (Å²) in [6, 6.07) is 21.3. The van der Waals surface area contributed by atoms with Crippen LogP contribution in [0.2, 0.25) is 0 Å². The zero-order valence-electron chi connectivity index (χ0n) is 19.0. The molecule has 0 saturated carbocycles. The van der Waals surface area contributed by atoms with Gasteiger partial charge < -0.3 is 19.5 Å². The Bertz CT molecular complexity index is 1300. The molecule has 2 aliphatic rings. The average molecular weight is 456 g/mol. The molecule has 3 aromatic rings. The predicted molar refractivity (Wildman–Crippen MR) is 128 cm³/mol. The van der Waals surface area contributed by atoms with Gasteiger partial charge in [-0.2, -0.15) is 0 Å². The van der Waals surface area contributed by atoms with Gasteiger partial charge in [-0.05, 0) is 53.9 Å². The van der Waals surface area contributed by atoms with E-state index in [-0.39, 0.29) is 24.0 Å². The van der Waals surface area contributed by atoms with Crippen LogP contribution in [-0.4, -0.2) is 34.9 Å². The summed E-state index contributed by atoms with van der Waals surface area (Å²) < 4.78 is 11.1. The van der Waals surface area contributed by atoms with Crippen molar-refractivity contribution < 1.29 is 24.2 Å². The monoisotopic (exact) mass is 455 g/mol. The zero-order chi connectivity index (χ0) is 23.8. The van der Waals surface area contributed by atoms with E-state index in [1.807, 2.05) is 55.5 Å². The molecule has 2 heterocycles. The van der Waals surface area contributed by atoms with E-state index in [0.29, 0.717) is 16.9 Å². The minimum Gasteiger partial charge on any atom is -0.507 e. The van der Waals surface area contributed by atoms with Crippen molar-refractivity contribution in [2.24, 2.45) is 0 Å². The molecule has 1 saturated heterocycles. The van der Waals surface area contributed by atoms with Crippen molar-refractivity contribution in [1.82, 2.24) is 4.90 Å². The maximum atomic E-state index is 13.3. The van der Waals surface area contributed by atoms with Gasteiger partial charge in [0.25, 0.3) is 11.7 Å². The third-order valence-electron chi connectivity index (χ3n) is 6.31. The second kappa shape index (κ2) is 8.71.